The zero-order valence-corrected chi connectivity index (χ0v) is 9.82. The van der Waals surface area contributed by atoms with Crippen LogP contribution in [0.4, 0.5) is 0 Å². The lowest BCUT2D eigenvalue weighted by Crippen LogP contribution is -2.49. The SMILES string of the molecule is CC[C@@H](N)C(=O)NCC1(SC)CCC1. The summed E-state index contributed by atoms with van der Waals surface area (Å²) < 4.78 is 0.309. The Kier molecular flexibility index (Phi) is 4.26. The number of hydrogen-bond donors (Lipinski definition) is 2. The van der Waals surface area contributed by atoms with E-state index in [2.05, 4.69) is 11.6 Å². The van der Waals surface area contributed by atoms with Crippen LogP contribution in [-0.2, 0) is 4.79 Å². The van der Waals surface area contributed by atoms with Crippen LogP contribution in [0.15, 0.2) is 0 Å². The van der Waals surface area contributed by atoms with Gasteiger partial charge in [-0.25, -0.2) is 0 Å². The Hall–Kier alpha value is -0.220. The number of hydrogen-bond acceptors (Lipinski definition) is 3. The highest BCUT2D eigenvalue weighted by molar-refractivity contribution is 8.00. The minimum atomic E-state index is -0.339. The maximum absolute atomic E-state index is 11.4. The third kappa shape index (κ3) is 2.64. The highest BCUT2D eigenvalue weighted by Crippen LogP contribution is 2.42. The fraction of sp³-hybridized carbons (Fsp3) is 0.900. The Balaban J connectivity index is 2.28. The average Bonchev–Trinajstić information content (AvgIpc) is 2.15. The number of carbonyl (C=O) groups is 1. The van der Waals surface area contributed by atoms with E-state index in [0.29, 0.717) is 11.2 Å². The van der Waals surface area contributed by atoms with Crippen LogP contribution in [0.5, 0.6) is 0 Å². The van der Waals surface area contributed by atoms with Gasteiger partial charge >= 0.3 is 0 Å². The van der Waals surface area contributed by atoms with Gasteiger partial charge < -0.3 is 11.1 Å². The molecule has 0 spiro atoms. The predicted octanol–water partition coefficient (Wildman–Crippen LogP) is 1.13. The van der Waals surface area contributed by atoms with Gasteiger partial charge in [-0.1, -0.05) is 13.3 Å². The number of rotatable bonds is 5. The summed E-state index contributed by atoms with van der Waals surface area (Å²) in [4.78, 5) is 11.4. The summed E-state index contributed by atoms with van der Waals surface area (Å²) in [5, 5.41) is 2.94. The standard InChI is InChI=1S/C10H20N2OS/c1-3-8(11)9(13)12-7-10(14-2)5-4-6-10/h8H,3-7,11H2,1-2H3,(H,12,13)/t8-/m1/s1. The fourth-order valence-electron chi connectivity index (χ4n) is 1.59. The molecule has 0 aliphatic heterocycles. The van der Waals surface area contributed by atoms with Crippen molar-refractivity contribution < 1.29 is 4.79 Å². The number of carbonyl (C=O) groups excluding carboxylic acids is 1. The first-order valence-electron chi connectivity index (χ1n) is 5.22. The van der Waals surface area contributed by atoms with E-state index < -0.39 is 0 Å². The normalized spacial score (nSPS) is 21.1. The van der Waals surface area contributed by atoms with Gasteiger partial charge in [0, 0.05) is 11.3 Å². The molecule has 1 atom stereocenters. The smallest absolute Gasteiger partial charge is 0.236 e. The maximum atomic E-state index is 11.4. The summed E-state index contributed by atoms with van der Waals surface area (Å²) in [7, 11) is 0. The van der Waals surface area contributed by atoms with Crippen molar-refractivity contribution in [2.24, 2.45) is 5.73 Å². The Morgan fingerprint density at radius 1 is 1.64 bits per heavy atom. The molecule has 1 fully saturated rings. The molecule has 14 heavy (non-hydrogen) atoms. The van der Waals surface area contributed by atoms with Crippen molar-refractivity contribution in [3.05, 3.63) is 0 Å². The third-order valence-electron chi connectivity index (χ3n) is 3.06. The Labute approximate surface area is 90.2 Å². The Bertz CT molecular complexity index is 199. The lowest BCUT2D eigenvalue weighted by Gasteiger charge is -2.40. The van der Waals surface area contributed by atoms with E-state index in [-0.39, 0.29) is 11.9 Å². The number of nitrogens with one attached hydrogen (secondary N) is 1. The van der Waals surface area contributed by atoms with Gasteiger partial charge in [0.15, 0.2) is 0 Å². The molecule has 0 unspecified atom stereocenters. The summed E-state index contributed by atoms with van der Waals surface area (Å²) in [6.07, 6.45) is 6.55. The molecule has 0 aromatic heterocycles. The molecule has 82 valence electrons. The molecule has 1 saturated carbocycles. The largest absolute Gasteiger partial charge is 0.353 e. The highest BCUT2D eigenvalue weighted by Gasteiger charge is 2.36. The van der Waals surface area contributed by atoms with Crippen LogP contribution >= 0.6 is 11.8 Å². The van der Waals surface area contributed by atoms with E-state index in [1.807, 2.05) is 18.7 Å². The minimum absolute atomic E-state index is 0.00664. The lowest BCUT2D eigenvalue weighted by molar-refractivity contribution is -0.122. The molecule has 0 bridgehead atoms. The van der Waals surface area contributed by atoms with Crippen LogP contribution in [0, 0.1) is 0 Å². The Morgan fingerprint density at radius 3 is 2.64 bits per heavy atom. The second-order valence-corrected chi connectivity index (χ2v) is 5.25. The van der Waals surface area contributed by atoms with Gasteiger partial charge in [-0.2, -0.15) is 11.8 Å². The van der Waals surface area contributed by atoms with Gasteiger partial charge in [0.25, 0.3) is 0 Å². The van der Waals surface area contributed by atoms with Gasteiger partial charge in [-0.15, -0.1) is 0 Å². The second kappa shape index (κ2) is 5.03. The van der Waals surface area contributed by atoms with Gasteiger partial charge in [0.05, 0.1) is 6.04 Å². The molecule has 0 aromatic rings. The van der Waals surface area contributed by atoms with Crippen molar-refractivity contribution in [1.29, 1.82) is 0 Å². The molecular formula is C10H20N2OS. The summed E-state index contributed by atoms with van der Waals surface area (Å²) in [6.45, 7) is 2.71. The van der Waals surface area contributed by atoms with Gasteiger partial charge in [-0.3, -0.25) is 4.79 Å². The molecule has 0 saturated heterocycles. The number of nitrogens with two attached hydrogens (primary N) is 1. The zero-order chi connectivity index (χ0) is 10.6. The molecule has 4 heteroatoms. The molecule has 1 rings (SSSR count). The first kappa shape index (κ1) is 11.9. The van der Waals surface area contributed by atoms with Gasteiger partial charge in [0.2, 0.25) is 5.91 Å². The van der Waals surface area contributed by atoms with E-state index in [1.54, 1.807) is 0 Å². The van der Waals surface area contributed by atoms with Crippen LogP contribution in [0.25, 0.3) is 0 Å². The fourth-order valence-corrected chi connectivity index (χ4v) is 2.50. The topological polar surface area (TPSA) is 55.1 Å². The van der Waals surface area contributed by atoms with Crippen LogP contribution < -0.4 is 11.1 Å². The maximum Gasteiger partial charge on any atom is 0.236 e. The quantitative estimate of drug-likeness (QED) is 0.724. The lowest BCUT2D eigenvalue weighted by atomic mass is 9.84. The molecule has 3 N–H and O–H groups in total. The average molecular weight is 216 g/mol. The summed E-state index contributed by atoms with van der Waals surface area (Å²) in [5.74, 6) is -0.00664. The highest BCUT2D eigenvalue weighted by atomic mass is 32.2. The molecule has 1 aliphatic carbocycles. The van der Waals surface area contributed by atoms with E-state index >= 15 is 0 Å². The summed E-state index contributed by atoms with van der Waals surface area (Å²) in [6, 6.07) is -0.339. The predicted molar refractivity (Wildman–Crippen MR) is 61.4 cm³/mol. The van der Waals surface area contributed by atoms with Crippen molar-refractivity contribution in [2.75, 3.05) is 12.8 Å². The first-order chi connectivity index (χ1) is 6.63. The monoisotopic (exact) mass is 216 g/mol. The van der Waals surface area contributed by atoms with E-state index in [9.17, 15) is 4.79 Å². The molecule has 0 heterocycles. The molecule has 1 aliphatic rings. The van der Waals surface area contributed by atoms with Crippen LogP contribution in [0.2, 0.25) is 0 Å². The molecule has 0 aromatic carbocycles. The van der Waals surface area contributed by atoms with E-state index in [1.165, 1.54) is 19.3 Å². The second-order valence-electron chi connectivity index (χ2n) is 3.97. The third-order valence-corrected chi connectivity index (χ3v) is 4.48. The van der Waals surface area contributed by atoms with Crippen molar-refractivity contribution in [2.45, 2.75) is 43.4 Å². The van der Waals surface area contributed by atoms with Crippen LogP contribution in [0.3, 0.4) is 0 Å². The van der Waals surface area contributed by atoms with E-state index in [4.69, 9.17) is 5.73 Å². The zero-order valence-electron chi connectivity index (χ0n) is 9.01. The number of thioether (sulfide) groups is 1. The van der Waals surface area contributed by atoms with Crippen LogP contribution in [0.1, 0.15) is 32.6 Å². The van der Waals surface area contributed by atoms with Crippen molar-refractivity contribution >= 4 is 17.7 Å². The first-order valence-corrected chi connectivity index (χ1v) is 6.44. The minimum Gasteiger partial charge on any atom is -0.353 e. The molecule has 3 nitrogen and oxygen atoms in total. The van der Waals surface area contributed by atoms with E-state index in [0.717, 1.165) is 6.54 Å². The van der Waals surface area contributed by atoms with Crippen molar-refractivity contribution in [3.8, 4) is 0 Å². The van der Waals surface area contributed by atoms with Gasteiger partial charge in [0.1, 0.15) is 0 Å². The van der Waals surface area contributed by atoms with Crippen LogP contribution in [-0.4, -0.2) is 29.5 Å². The van der Waals surface area contributed by atoms with Crippen molar-refractivity contribution in [1.82, 2.24) is 5.32 Å². The number of amides is 1. The summed E-state index contributed by atoms with van der Waals surface area (Å²) >= 11 is 1.86. The van der Waals surface area contributed by atoms with Gasteiger partial charge in [-0.05, 0) is 25.5 Å². The Morgan fingerprint density at radius 2 is 2.29 bits per heavy atom. The molecule has 0 radical (unpaired) electrons. The van der Waals surface area contributed by atoms with Crippen molar-refractivity contribution in [3.63, 3.8) is 0 Å². The summed E-state index contributed by atoms with van der Waals surface area (Å²) in [5.41, 5.74) is 5.63. The molecular weight excluding hydrogens is 196 g/mol. The molecule has 1 amide bonds.